The maximum Gasteiger partial charge on any atom is 0.269 e. The van der Waals surface area contributed by atoms with Crippen LogP contribution in [0.1, 0.15) is 37.7 Å². The van der Waals surface area contributed by atoms with Crippen molar-refractivity contribution in [2.75, 3.05) is 12.3 Å². The number of nitrogen functional groups attached to an aromatic ring is 1. The molecule has 0 atom stereocenters. The fraction of sp³-hybridized carbons (Fsp3) is 0.571. The predicted octanol–water partition coefficient (Wildman–Crippen LogP) is 3.27. The molecule has 1 aliphatic rings. The molecular formula is C14H20N2O3. The Morgan fingerprint density at radius 3 is 2.74 bits per heavy atom. The molecule has 0 radical (unpaired) electrons. The first-order valence-corrected chi connectivity index (χ1v) is 6.77. The minimum Gasteiger partial charge on any atom is -0.398 e. The Bertz CT molecular complexity index is 442. The number of nitrogens with two attached hydrogens (primary N) is 1. The van der Waals surface area contributed by atoms with Gasteiger partial charge in [0.05, 0.1) is 11.5 Å². The van der Waals surface area contributed by atoms with Crippen molar-refractivity contribution in [2.45, 2.75) is 38.7 Å². The zero-order valence-corrected chi connectivity index (χ0v) is 11.0. The van der Waals surface area contributed by atoms with E-state index < -0.39 is 4.92 Å². The number of hydrogen-bond donors (Lipinski definition) is 1. The number of hydrogen-bond acceptors (Lipinski definition) is 4. The van der Waals surface area contributed by atoms with Crippen LogP contribution < -0.4 is 5.73 Å². The molecule has 19 heavy (non-hydrogen) atoms. The van der Waals surface area contributed by atoms with Gasteiger partial charge in [-0.3, -0.25) is 10.1 Å². The highest BCUT2D eigenvalue weighted by atomic mass is 16.6. The van der Waals surface area contributed by atoms with Gasteiger partial charge in [-0.1, -0.05) is 19.3 Å². The third-order valence-electron chi connectivity index (χ3n) is 3.67. The minimum atomic E-state index is -0.413. The third kappa shape index (κ3) is 3.92. The Kier molecular flexibility index (Phi) is 4.74. The minimum absolute atomic E-state index is 0.0606. The van der Waals surface area contributed by atoms with E-state index in [2.05, 4.69) is 0 Å². The van der Waals surface area contributed by atoms with Crippen LogP contribution in [0.3, 0.4) is 0 Å². The number of nitro benzene ring substituents is 1. The topological polar surface area (TPSA) is 78.4 Å². The number of non-ortho nitro benzene ring substituents is 1. The first kappa shape index (κ1) is 13.8. The first-order chi connectivity index (χ1) is 9.16. The van der Waals surface area contributed by atoms with Gasteiger partial charge in [-0.15, -0.1) is 0 Å². The fourth-order valence-electron chi connectivity index (χ4n) is 2.52. The molecule has 0 aromatic heterocycles. The number of nitro groups is 1. The first-order valence-electron chi connectivity index (χ1n) is 6.77. The second-order valence-corrected chi connectivity index (χ2v) is 5.16. The lowest BCUT2D eigenvalue weighted by atomic mass is 9.90. The molecule has 0 saturated heterocycles. The monoisotopic (exact) mass is 264 g/mol. The van der Waals surface area contributed by atoms with E-state index in [9.17, 15) is 10.1 Å². The number of rotatable bonds is 5. The van der Waals surface area contributed by atoms with Crippen molar-refractivity contribution < 1.29 is 9.66 Å². The molecule has 1 aromatic rings. The molecule has 0 unspecified atom stereocenters. The molecule has 1 aliphatic carbocycles. The molecule has 0 heterocycles. The fourth-order valence-corrected chi connectivity index (χ4v) is 2.52. The maximum absolute atomic E-state index is 10.7. The summed E-state index contributed by atoms with van der Waals surface area (Å²) in [6.45, 7) is 1.08. The normalized spacial score (nSPS) is 16.4. The highest BCUT2D eigenvalue weighted by molar-refractivity contribution is 5.52. The van der Waals surface area contributed by atoms with Crippen molar-refractivity contribution in [3.05, 3.63) is 33.9 Å². The molecule has 5 nitrogen and oxygen atoms in total. The molecule has 2 rings (SSSR count). The second kappa shape index (κ2) is 6.52. The van der Waals surface area contributed by atoms with Gasteiger partial charge in [0.2, 0.25) is 0 Å². The van der Waals surface area contributed by atoms with Crippen LogP contribution in [0.15, 0.2) is 18.2 Å². The van der Waals surface area contributed by atoms with Crippen molar-refractivity contribution >= 4 is 11.4 Å². The van der Waals surface area contributed by atoms with Gasteiger partial charge < -0.3 is 10.5 Å². The van der Waals surface area contributed by atoms with Gasteiger partial charge in [-0.05, 0) is 24.8 Å². The lowest BCUT2D eigenvalue weighted by molar-refractivity contribution is -0.384. The molecular weight excluding hydrogens is 244 g/mol. The summed E-state index contributed by atoms with van der Waals surface area (Å²) in [4.78, 5) is 10.3. The summed E-state index contributed by atoms with van der Waals surface area (Å²) in [6.07, 6.45) is 6.35. The lowest BCUT2D eigenvalue weighted by Gasteiger charge is -2.21. The summed E-state index contributed by atoms with van der Waals surface area (Å²) in [6, 6.07) is 4.48. The largest absolute Gasteiger partial charge is 0.398 e. The van der Waals surface area contributed by atoms with Crippen LogP contribution in [0.4, 0.5) is 11.4 Å². The van der Waals surface area contributed by atoms with Gasteiger partial charge in [0.1, 0.15) is 0 Å². The van der Waals surface area contributed by atoms with Crippen molar-refractivity contribution in [1.29, 1.82) is 0 Å². The van der Waals surface area contributed by atoms with Gasteiger partial charge in [0.25, 0.3) is 5.69 Å². The maximum atomic E-state index is 10.7. The lowest BCUT2D eigenvalue weighted by Crippen LogP contribution is -2.13. The van der Waals surface area contributed by atoms with Crippen molar-refractivity contribution in [2.24, 2.45) is 5.92 Å². The van der Waals surface area contributed by atoms with Crippen molar-refractivity contribution in [1.82, 2.24) is 0 Å². The Balaban J connectivity index is 1.87. The zero-order chi connectivity index (χ0) is 13.7. The summed E-state index contributed by atoms with van der Waals surface area (Å²) in [5, 5.41) is 10.7. The van der Waals surface area contributed by atoms with Crippen molar-refractivity contribution in [3.8, 4) is 0 Å². The molecule has 0 spiro atoms. The van der Waals surface area contributed by atoms with Crippen LogP contribution in [-0.4, -0.2) is 11.5 Å². The molecule has 5 heteroatoms. The van der Waals surface area contributed by atoms with Gasteiger partial charge in [-0.2, -0.15) is 0 Å². The van der Waals surface area contributed by atoms with E-state index in [0.717, 1.165) is 6.61 Å². The van der Waals surface area contributed by atoms with Crippen molar-refractivity contribution in [3.63, 3.8) is 0 Å². The molecule has 0 bridgehead atoms. The molecule has 2 N–H and O–H groups in total. The highest BCUT2D eigenvalue weighted by Gasteiger charge is 2.14. The average molecular weight is 264 g/mol. The SMILES string of the molecule is Nc1ccc([N+](=O)[O-])cc1COCC1CCCCC1. The zero-order valence-electron chi connectivity index (χ0n) is 11.0. The molecule has 1 aromatic carbocycles. The molecule has 1 saturated carbocycles. The summed E-state index contributed by atoms with van der Waals surface area (Å²) >= 11 is 0. The van der Waals surface area contributed by atoms with E-state index in [0.29, 0.717) is 23.8 Å². The molecule has 1 fully saturated rings. The molecule has 0 amide bonds. The Morgan fingerprint density at radius 1 is 1.32 bits per heavy atom. The predicted molar refractivity (Wildman–Crippen MR) is 73.7 cm³/mol. The van der Waals surface area contributed by atoms with Crippen LogP contribution in [0.25, 0.3) is 0 Å². The Labute approximate surface area is 112 Å². The van der Waals surface area contributed by atoms with E-state index in [4.69, 9.17) is 10.5 Å². The van der Waals surface area contributed by atoms with E-state index in [1.165, 1.54) is 44.2 Å². The van der Waals surface area contributed by atoms with Crippen LogP contribution in [-0.2, 0) is 11.3 Å². The van der Waals surface area contributed by atoms with Crippen LogP contribution >= 0.6 is 0 Å². The number of benzene rings is 1. The summed E-state index contributed by atoms with van der Waals surface area (Å²) in [5.41, 5.74) is 7.12. The van der Waals surface area contributed by atoms with Gasteiger partial charge in [0.15, 0.2) is 0 Å². The molecule has 104 valence electrons. The molecule has 0 aliphatic heterocycles. The Hall–Kier alpha value is -1.62. The smallest absolute Gasteiger partial charge is 0.269 e. The number of ether oxygens (including phenoxy) is 1. The third-order valence-corrected chi connectivity index (χ3v) is 3.67. The second-order valence-electron chi connectivity index (χ2n) is 5.16. The number of nitrogens with zero attached hydrogens (tertiary/aromatic N) is 1. The average Bonchev–Trinajstić information content (AvgIpc) is 2.42. The van der Waals surface area contributed by atoms with Crippen LogP contribution in [0.2, 0.25) is 0 Å². The summed E-state index contributed by atoms with van der Waals surface area (Å²) in [5.74, 6) is 0.633. The van der Waals surface area contributed by atoms with E-state index in [-0.39, 0.29) is 5.69 Å². The van der Waals surface area contributed by atoms with Crippen LogP contribution in [0, 0.1) is 16.0 Å². The Morgan fingerprint density at radius 2 is 2.05 bits per heavy atom. The standard InChI is InChI=1S/C14H20N2O3/c15-14-7-6-13(16(17)18)8-12(14)10-19-9-11-4-2-1-3-5-11/h6-8,11H,1-5,9-10,15H2. The van der Waals surface area contributed by atoms with Gasteiger partial charge in [-0.25, -0.2) is 0 Å². The summed E-state index contributed by atoms with van der Waals surface area (Å²) < 4.78 is 5.67. The highest BCUT2D eigenvalue weighted by Crippen LogP contribution is 2.25. The van der Waals surface area contributed by atoms with Crippen LogP contribution in [0.5, 0.6) is 0 Å². The van der Waals surface area contributed by atoms with Gasteiger partial charge >= 0.3 is 0 Å². The van der Waals surface area contributed by atoms with E-state index >= 15 is 0 Å². The summed E-state index contributed by atoms with van der Waals surface area (Å²) in [7, 11) is 0. The quantitative estimate of drug-likeness (QED) is 0.503. The van der Waals surface area contributed by atoms with E-state index in [1.54, 1.807) is 6.07 Å². The number of anilines is 1. The van der Waals surface area contributed by atoms with E-state index in [1.807, 2.05) is 0 Å². The van der Waals surface area contributed by atoms with Gasteiger partial charge in [0, 0.05) is 30.0 Å².